The molecule has 0 aromatic carbocycles. The molecule has 6 heteroatoms. The van der Waals surface area contributed by atoms with Gasteiger partial charge in [-0.3, -0.25) is 0 Å². The highest BCUT2D eigenvalue weighted by Gasteiger charge is 2.15. The zero-order valence-corrected chi connectivity index (χ0v) is 6.76. The standard InChI is InChI=1S/C8H3N3O3/c9-5-1-2-6-3-4-7(12)8(10-6)11(13)14/h3-4,12H. The SMILES string of the molecule is N#CC#Cc1ccc(O)c([N+](=O)[O-])n1. The quantitative estimate of drug-likeness (QED) is 0.395. The first-order valence-corrected chi connectivity index (χ1v) is 3.39. The van der Waals surface area contributed by atoms with Crippen molar-refractivity contribution in [3.63, 3.8) is 0 Å². The Bertz CT molecular complexity index is 479. The Morgan fingerprint density at radius 2 is 2.29 bits per heavy atom. The Morgan fingerprint density at radius 1 is 1.57 bits per heavy atom. The van der Waals surface area contributed by atoms with Crippen molar-refractivity contribution in [1.29, 1.82) is 5.26 Å². The van der Waals surface area contributed by atoms with E-state index >= 15 is 0 Å². The van der Waals surface area contributed by atoms with Crippen LogP contribution < -0.4 is 0 Å². The van der Waals surface area contributed by atoms with Crippen molar-refractivity contribution in [2.45, 2.75) is 0 Å². The van der Waals surface area contributed by atoms with Crippen LogP contribution in [0.15, 0.2) is 12.1 Å². The number of hydrogen-bond donors (Lipinski definition) is 1. The minimum Gasteiger partial charge on any atom is -0.501 e. The number of nitro groups is 1. The number of hydrogen-bond acceptors (Lipinski definition) is 5. The fourth-order valence-corrected chi connectivity index (χ4v) is 0.737. The second-order valence-electron chi connectivity index (χ2n) is 2.16. The molecule has 68 valence electrons. The lowest BCUT2D eigenvalue weighted by Gasteiger charge is -1.93. The van der Waals surface area contributed by atoms with Crippen LogP contribution in [0.3, 0.4) is 0 Å². The molecule has 1 aromatic heterocycles. The zero-order valence-electron chi connectivity index (χ0n) is 6.76. The molecule has 14 heavy (non-hydrogen) atoms. The summed E-state index contributed by atoms with van der Waals surface area (Å²) in [6.45, 7) is 0. The van der Waals surface area contributed by atoms with Crippen molar-refractivity contribution in [2.24, 2.45) is 0 Å². The van der Waals surface area contributed by atoms with Gasteiger partial charge in [0.25, 0.3) is 0 Å². The van der Waals surface area contributed by atoms with Crippen LogP contribution in [-0.4, -0.2) is 15.0 Å². The summed E-state index contributed by atoms with van der Waals surface area (Å²) < 4.78 is 0. The summed E-state index contributed by atoms with van der Waals surface area (Å²) >= 11 is 0. The van der Waals surface area contributed by atoms with E-state index in [4.69, 9.17) is 10.4 Å². The van der Waals surface area contributed by atoms with E-state index in [1.54, 1.807) is 6.07 Å². The number of nitriles is 1. The minimum atomic E-state index is -0.827. The Balaban J connectivity index is 3.21. The van der Waals surface area contributed by atoms with Crippen LogP contribution in [0.1, 0.15) is 5.69 Å². The van der Waals surface area contributed by atoms with Crippen molar-refractivity contribution in [2.75, 3.05) is 0 Å². The topological polar surface area (TPSA) is 100 Å². The van der Waals surface area contributed by atoms with E-state index in [1.807, 2.05) is 5.92 Å². The Morgan fingerprint density at radius 3 is 2.86 bits per heavy atom. The molecule has 0 amide bonds. The number of rotatable bonds is 1. The smallest absolute Gasteiger partial charge is 0.407 e. The average Bonchev–Trinajstić information content (AvgIpc) is 2.16. The van der Waals surface area contributed by atoms with Gasteiger partial charge in [0, 0.05) is 12.0 Å². The molecule has 0 aliphatic rings. The lowest BCUT2D eigenvalue weighted by Crippen LogP contribution is -1.94. The van der Waals surface area contributed by atoms with Gasteiger partial charge in [-0.2, -0.15) is 5.26 Å². The van der Waals surface area contributed by atoms with Crippen LogP contribution in [0, 0.1) is 33.3 Å². The molecule has 0 fully saturated rings. The summed E-state index contributed by atoms with van der Waals surface area (Å²) in [4.78, 5) is 12.9. The summed E-state index contributed by atoms with van der Waals surface area (Å²) in [7, 11) is 0. The van der Waals surface area contributed by atoms with Gasteiger partial charge in [-0.05, 0) is 21.9 Å². The highest BCUT2D eigenvalue weighted by atomic mass is 16.6. The Hall–Kier alpha value is -2.60. The molecule has 1 aromatic rings. The van der Waals surface area contributed by atoms with E-state index in [0.29, 0.717) is 0 Å². The number of nitrogens with zero attached hydrogens (tertiary/aromatic N) is 3. The van der Waals surface area contributed by atoms with E-state index in [-0.39, 0.29) is 5.69 Å². The van der Waals surface area contributed by atoms with Gasteiger partial charge in [0.05, 0.1) is 0 Å². The first-order valence-electron chi connectivity index (χ1n) is 3.39. The third-order valence-electron chi connectivity index (χ3n) is 1.27. The van der Waals surface area contributed by atoms with Crippen molar-refractivity contribution >= 4 is 5.82 Å². The van der Waals surface area contributed by atoms with Crippen LogP contribution in [0.2, 0.25) is 0 Å². The fraction of sp³-hybridized carbons (Fsp3) is 0. The van der Waals surface area contributed by atoms with Crippen LogP contribution in [0.5, 0.6) is 5.75 Å². The van der Waals surface area contributed by atoms with Gasteiger partial charge < -0.3 is 15.2 Å². The molecule has 0 unspecified atom stereocenters. The van der Waals surface area contributed by atoms with Crippen LogP contribution in [0.4, 0.5) is 5.82 Å². The third kappa shape index (κ3) is 1.96. The largest absolute Gasteiger partial charge is 0.501 e. The summed E-state index contributed by atoms with van der Waals surface area (Å²) in [5, 5.41) is 27.5. The maximum Gasteiger partial charge on any atom is 0.407 e. The van der Waals surface area contributed by atoms with Gasteiger partial charge in [-0.25, -0.2) is 0 Å². The number of pyridine rings is 1. The molecule has 0 saturated heterocycles. The molecule has 0 aliphatic carbocycles. The number of aromatic hydroxyl groups is 1. The fourth-order valence-electron chi connectivity index (χ4n) is 0.737. The van der Waals surface area contributed by atoms with E-state index in [2.05, 4.69) is 10.9 Å². The molecule has 0 saturated carbocycles. The van der Waals surface area contributed by atoms with Gasteiger partial charge in [-0.1, -0.05) is 0 Å². The summed E-state index contributed by atoms with van der Waals surface area (Å²) in [6, 6.07) is 3.93. The molecule has 0 bridgehead atoms. The lowest BCUT2D eigenvalue weighted by atomic mass is 10.3. The molecule has 0 atom stereocenters. The predicted molar refractivity (Wildman–Crippen MR) is 45.0 cm³/mol. The summed E-state index contributed by atoms with van der Waals surface area (Å²) in [5.74, 6) is 3.12. The van der Waals surface area contributed by atoms with Gasteiger partial charge >= 0.3 is 5.82 Å². The van der Waals surface area contributed by atoms with Crippen molar-refractivity contribution in [1.82, 2.24) is 4.98 Å². The average molecular weight is 189 g/mol. The highest BCUT2D eigenvalue weighted by molar-refractivity contribution is 5.44. The van der Waals surface area contributed by atoms with E-state index < -0.39 is 16.5 Å². The molecule has 0 aliphatic heterocycles. The zero-order chi connectivity index (χ0) is 10.6. The maximum atomic E-state index is 10.3. The summed E-state index contributed by atoms with van der Waals surface area (Å²) in [6.07, 6.45) is 0. The Labute approximate surface area is 78.6 Å². The molecular formula is C8H3N3O3. The first kappa shape index (κ1) is 9.49. The highest BCUT2D eigenvalue weighted by Crippen LogP contribution is 2.21. The van der Waals surface area contributed by atoms with E-state index in [1.165, 1.54) is 6.07 Å². The van der Waals surface area contributed by atoms with E-state index in [0.717, 1.165) is 6.07 Å². The molecule has 0 spiro atoms. The second kappa shape index (κ2) is 3.87. The number of aromatic nitrogens is 1. The van der Waals surface area contributed by atoms with Crippen molar-refractivity contribution < 1.29 is 10.0 Å². The molecule has 6 nitrogen and oxygen atoms in total. The van der Waals surface area contributed by atoms with Crippen LogP contribution in [0.25, 0.3) is 0 Å². The normalized spacial score (nSPS) is 8.21. The van der Waals surface area contributed by atoms with Gasteiger partial charge in [-0.15, -0.1) is 0 Å². The third-order valence-corrected chi connectivity index (χ3v) is 1.27. The minimum absolute atomic E-state index is 0.0658. The van der Waals surface area contributed by atoms with Crippen molar-refractivity contribution in [3.8, 4) is 23.7 Å². The summed E-state index contributed by atoms with van der Waals surface area (Å²) in [5.41, 5.74) is 0.0658. The van der Waals surface area contributed by atoms with Crippen LogP contribution >= 0.6 is 0 Å². The predicted octanol–water partition coefficient (Wildman–Crippen LogP) is 0.570. The molecule has 1 heterocycles. The lowest BCUT2D eigenvalue weighted by molar-refractivity contribution is -0.390. The second-order valence-corrected chi connectivity index (χ2v) is 2.16. The van der Waals surface area contributed by atoms with Crippen LogP contribution in [-0.2, 0) is 0 Å². The Kier molecular flexibility index (Phi) is 2.63. The van der Waals surface area contributed by atoms with Gasteiger partial charge in [0.2, 0.25) is 11.4 Å². The maximum absolute atomic E-state index is 10.3. The molecule has 1 rings (SSSR count). The van der Waals surface area contributed by atoms with Gasteiger partial charge in [0.15, 0.2) is 6.07 Å². The molecule has 0 radical (unpaired) electrons. The monoisotopic (exact) mass is 189 g/mol. The molecule has 1 N–H and O–H groups in total. The first-order chi connectivity index (χ1) is 6.65. The van der Waals surface area contributed by atoms with Crippen molar-refractivity contribution in [3.05, 3.63) is 27.9 Å². The molecular weight excluding hydrogens is 186 g/mol. The van der Waals surface area contributed by atoms with E-state index in [9.17, 15) is 10.1 Å². The van der Waals surface area contributed by atoms with Gasteiger partial charge in [0.1, 0.15) is 0 Å².